The smallest absolute Gasteiger partial charge is 0.243 e. The summed E-state index contributed by atoms with van der Waals surface area (Å²) in [5, 5.41) is 15.3. The minimum absolute atomic E-state index is 0.0283. The predicted octanol–water partition coefficient (Wildman–Crippen LogP) is 1.15. The maximum atomic E-state index is 11.7. The van der Waals surface area contributed by atoms with Gasteiger partial charge in [0.2, 0.25) is 11.7 Å². The average molecular weight is 310 g/mol. The van der Waals surface area contributed by atoms with E-state index in [-0.39, 0.29) is 12.5 Å². The van der Waals surface area contributed by atoms with Crippen molar-refractivity contribution >= 4 is 17.5 Å². The molecule has 0 radical (unpaired) electrons. The fourth-order valence-electron chi connectivity index (χ4n) is 1.68. The lowest BCUT2D eigenvalue weighted by molar-refractivity contribution is -0.122. The number of nitrogens with one attached hydrogen (secondary N) is 1. The molecule has 8 heteroatoms. The van der Waals surface area contributed by atoms with Gasteiger partial charge in [-0.25, -0.2) is 0 Å². The van der Waals surface area contributed by atoms with Crippen molar-refractivity contribution < 1.29 is 9.53 Å². The van der Waals surface area contributed by atoms with Crippen LogP contribution in [0.25, 0.3) is 11.4 Å². The predicted molar refractivity (Wildman–Crippen MR) is 77.8 cm³/mol. The van der Waals surface area contributed by atoms with E-state index in [0.29, 0.717) is 24.0 Å². The standard InChI is InChI=1S/C13H16ClN5O2/c1-21-7-3-6-15-12(20)9-19-17-13(16-18-19)10-4-2-5-11(14)8-10/h2,4-5,8H,3,6-7,9H2,1H3,(H,15,20). The van der Waals surface area contributed by atoms with Crippen LogP contribution in [0.15, 0.2) is 24.3 Å². The van der Waals surface area contributed by atoms with Crippen molar-refractivity contribution in [3.63, 3.8) is 0 Å². The van der Waals surface area contributed by atoms with Gasteiger partial charge >= 0.3 is 0 Å². The first-order valence-electron chi connectivity index (χ1n) is 6.48. The molecule has 1 amide bonds. The summed E-state index contributed by atoms with van der Waals surface area (Å²) in [5.41, 5.74) is 0.759. The third kappa shape index (κ3) is 4.80. The zero-order chi connectivity index (χ0) is 15.1. The summed E-state index contributed by atoms with van der Waals surface area (Å²) in [7, 11) is 1.62. The van der Waals surface area contributed by atoms with Crippen molar-refractivity contribution in [3.8, 4) is 11.4 Å². The normalized spacial score (nSPS) is 10.6. The number of aromatic nitrogens is 4. The number of carbonyl (C=O) groups is 1. The molecule has 2 rings (SSSR count). The van der Waals surface area contributed by atoms with Crippen LogP contribution in [0.3, 0.4) is 0 Å². The second-order valence-electron chi connectivity index (χ2n) is 4.35. The summed E-state index contributed by atoms with van der Waals surface area (Å²) < 4.78 is 4.90. The molecule has 0 fully saturated rings. The molecule has 0 atom stereocenters. The summed E-state index contributed by atoms with van der Waals surface area (Å²) >= 11 is 5.91. The maximum absolute atomic E-state index is 11.7. The number of tetrazole rings is 1. The molecule has 0 unspecified atom stereocenters. The lowest BCUT2D eigenvalue weighted by Crippen LogP contribution is -2.29. The van der Waals surface area contributed by atoms with Gasteiger partial charge in [-0.3, -0.25) is 4.79 Å². The van der Waals surface area contributed by atoms with Crippen LogP contribution in [0.2, 0.25) is 5.02 Å². The fourth-order valence-corrected chi connectivity index (χ4v) is 1.87. The maximum Gasteiger partial charge on any atom is 0.243 e. The highest BCUT2D eigenvalue weighted by Crippen LogP contribution is 2.18. The number of carbonyl (C=O) groups excluding carboxylic acids is 1. The summed E-state index contributed by atoms with van der Waals surface area (Å²) in [5.74, 6) is 0.269. The summed E-state index contributed by atoms with van der Waals surface area (Å²) in [6.45, 7) is 1.20. The van der Waals surface area contributed by atoms with Crippen LogP contribution in [-0.2, 0) is 16.1 Å². The first kappa shape index (κ1) is 15.4. The molecular weight excluding hydrogens is 294 g/mol. The second kappa shape index (κ2) is 7.70. The van der Waals surface area contributed by atoms with E-state index in [1.807, 2.05) is 6.07 Å². The minimum atomic E-state index is -0.166. The van der Waals surface area contributed by atoms with E-state index in [2.05, 4.69) is 20.7 Å². The van der Waals surface area contributed by atoms with E-state index in [4.69, 9.17) is 16.3 Å². The largest absolute Gasteiger partial charge is 0.385 e. The van der Waals surface area contributed by atoms with E-state index in [1.165, 1.54) is 4.80 Å². The van der Waals surface area contributed by atoms with Gasteiger partial charge in [0, 0.05) is 30.8 Å². The third-order valence-corrected chi connectivity index (χ3v) is 2.90. The number of rotatable bonds is 7. The Morgan fingerprint density at radius 3 is 3.10 bits per heavy atom. The number of hydrogen-bond donors (Lipinski definition) is 1. The molecule has 1 aromatic heterocycles. The van der Waals surface area contributed by atoms with E-state index in [1.54, 1.807) is 25.3 Å². The molecule has 2 aromatic rings. The molecule has 0 aliphatic rings. The summed E-state index contributed by atoms with van der Waals surface area (Å²) in [6, 6.07) is 7.15. The topological polar surface area (TPSA) is 81.9 Å². The van der Waals surface area contributed by atoms with Crippen molar-refractivity contribution in [3.05, 3.63) is 29.3 Å². The fraction of sp³-hybridized carbons (Fsp3) is 0.385. The van der Waals surface area contributed by atoms with Crippen molar-refractivity contribution in [2.75, 3.05) is 20.3 Å². The van der Waals surface area contributed by atoms with E-state index < -0.39 is 0 Å². The van der Waals surface area contributed by atoms with E-state index >= 15 is 0 Å². The number of amides is 1. The van der Waals surface area contributed by atoms with Gasteiger partial charge in [0.05, 0.1) is 0 Å². The number of hydrogen-bond acceptors (Lipinski definition) is 5. The van der Waals surface area contributed by atoms with Gasteiger partial charge in [0.1, 0.15) is 6.54 Å². The van der Waals surface area contributed by atoms with Gasteiger partial charge in [-0.15, -0.1) is 10.2 Å². The SMILES string of the molecule is COCCCNC(=O)Cn1nnc(-c2cccc(Cl)c2)n1. The Hall–Kier alpha value is -1.99. The van der Waals surface area contributed by atoms with Crippen LogP contribution in [0.5, 0.6) is 0 Å². The molecule has 1 heterocycles. The van der Waals surface area contributed by atoms with Gasteiger partial charge in [-0.1, -0.05) is 23.7 Å². The van der Waals surface area contributed by atoms with Gasteiger partial charge < -0.3 is 10.1 Å². The Bertz CT molecular complexity index is 602. The molecule has 7 nitrogen and oxygen atoms in total. The van der Waals surface area contributed by atoms with Gasteiger partial charge in [0.25, 0.3) is 0 Å². The van der Waals surface area contributed by atoms with E-state index in [0.717, 1.165) is 12.0 Å². The van der Waals surface area contributed by atoms with Crippen molar-refractivity contribution in [2.45, 2.75) is 13.0 Å². The first-order chi connectivity index (χ1) is 10.2. The molecule has 0 bridgehead atoms. The molecule has 0 saturated carbocycles. The van der Waals surface area contributed by atoms with Crippen molar-refractivity contribution in [1.82, 2.24) is 25.5 Å². The van der Waals surface area contributed by atoms with Crippen LogP contribution in [-0.4, -0.2) is 46.4 Å². The van der Waals surface area contributed by atoms with Crippen LogP contribution < -0.4 is 5.32 Å². The lowest BCUT2D eigenvalue weighted by atomic mass is 10.2. The Labute approximate surface area is 127 Å². The molecule has 0 saturated heterocycles. The Morgan fingerprint density at radius 2 is 2.33 bits per heavy atom. The van der Waals surface area contributed by atoms with Crippen LogP contribution in [0.1, 0.15) is 6.42 Å². The monoisotopic (exact) mass is 309 g/mol. The first-order valence-corrected chi connectivity index (χ1v) is 6.86. The number of benzene rings is 1. The molecule has 21 heavy (non-hydrogen) atoms. The second-order valence-corrected chi connectivity index (χ2v) is 4.79. The Kier molecular flexibility index (Phi) is 5.65. The molecule has 0 aliphatic carbocycles. The highest BCUT2D eigenvalue weighted by molar-refractivity contribution is 6.30. The zero-order valence-corrected chi connectivity index (χ0v) is 12.4. The van der Waals surface area contributed by atoms with Crippen LogP contribution >= 0.6 is 11.6 Å². The van der Waals surface area contributed by atoms with Gasteiger partial charge in [-0.2, -0.15) is 4.80 Å². The Morgan fingerprint density at radius 1 is 1.48 bits per heavy atom. The number of methoxy groups -OCH3 is 1. The van der Waals surface area contributed by atoms with Crippen LogP contribution in [0.4, 0.5) is 0 Å². The summed E-state index contributed by atoms with van der Waals surface area (Å²) in [6.07, 6.45) is 0.765. The van der Waals surface area contributed by atoms with Gasteiger partial charge in [-0.05, 0) is 23.8 Å². The average Bonchev–Trinajstić information content (AvgIpc) is 2.92. The molecular formula is C13H16ClN5O2. The number of ether oxygens (including phenoxy) is 1. The molecule has 1 N–H and O–H groups in total. The molecule has 1 aromatic carbocycles. The summed E-state index contributed by atoms with van der Waals surface area (Å²) in [4.78, 5) is 12.9. The quantitative estimate of drug-likeness (QED) is 0.776. The number of nitrogens with zero attached hydrogens (tertiary/aromatic N) is 4. The lowest BCUT2D eigenvalue weighted by Gasteiger charge is -2.03. The number of halogens is 1. The Balaban J connectivity index is 1.90. The van der Waals surface area contributed by atoms with Gasteiger partial charge in [0.15, 0.2) is 0 Å². The minimum Gasteiger partial charge on any atom is -0.385 e. The molecule has 112 valence electrons. The molecule has 0 spiro atoms. The third-order valence-electron chi connectivity index (χ3n) is 2.67. The van der Waals surface area contributed by atoms with Crippen molar-refractivity contribution in [2.24, 2.45) is 0 Å². The van der Waals surface area contributed by atoms with E-state index in [9.17, 15) is 4.79 Å². The highest BCUT2D eigenvalue weighted by atomic mass is 35.5. The van der Waals surface area contributed by atoms with Crippen molar-refractivity contribution in [1.29, 1.82) is 0 Å². The zero-order valence-electron chi connectivity index (χ0n) is 11.6. The highest BCUT2D eigenvalue weighted by Gasteiger charge is 2.09. The van der Waals surface area contributed by atoms with Crippen LogP contribution in [0, 0.1) is 0 Å². The molecule has 0 aliphatic heterocycles.